The highest BCUT2D eigenvalue weighted by atomic mass is 32.2. The highest BCUT2D eigenvalue weighted by Crippen LogP contribution is 2.18. The number of nitro benzene ring substituents is 1. The Labute approximate surface area is 181 Å². The van der Waals surface area contributed by atoms with Crippen LogP contribution in [-0.4, -0.2) is 22.9 Å². The Bertz CT molecular complexity index is 1540. The molecule has 4 rings (SSSR count). The van der Waals surface area contributed by atoms with Crippen LogP contribution >= 0.6 is 0 Å². The summed E-state index contributed by atoms with van der Waals surface area (Å²) in [6.07, 6.45) is 0. The van der Waals surface area contributed by atoms with Crippen LogP contribution in [0, 0.1) is 10.1 Å². The molecule has 32 heavy (non-hydrogen) atoms. The predicted octanol–water partition coefficient (Wildman–Crippen LogP) is 2.45. The lowest BCUT2D eigenvalue weighted by Crippen LogP contribution is -2.35. The van der Waals surface area contributed by atoms with Gasteiger partial charge in [-0.1, -0.05) is 30.3 Å². The molecule has 0 spiro atoms. The van der Waals surface area contributed by atoms with Gasteiger partial charge in [-0.25, -0.2) is 13.2 Å². The van der Waals surface area contributed by atoms with E-state index in [0.29, 0.717) is 11.3 Å². The van der Waals surface area contributed by atoms with E-state index in [-0.39, 0.29) is 28.0 Å². The van der Waals surface area contributed by atoms with Crippen molar-refractivity contribution in [1.82, 2.24) is 9.55 Å². The van der Waals surface area contributed by atoms with Gasteiger partial charge in [0.2, 0.25) is 0 Å². The lowest BCUT2D eigenvalue weighted by Gasteiger charge is -2.10. The van der Waals surface area contributed by atoms with Gasteiger partial charge in [-0.15, -0.1) is 0 Å². The zero-order valence-electron chi connectivity index (χ0n) is 16.4. The predicted molar refractivity (Wildman–Crippen MR) is 118 cm³/mol. The average molecular weight is 452 g/mol. The Balaban J connectivity index is 1.64. The molecule has 10 nitrogen and oxygen atoms in total. The number of benzene rings is 3. The van der Waals surface area contributed by atoms with Gasteiger partial charge in [0.25, 0.3) is 21.3 Å². The van der Waals surface area contributed by atoms with Crippen LogP contribution in [0.25, 0.3) is 10.9 Å². The molecule has 0 fully saturated rings. The first kappa shape index (κ1) is 21.0. The van der Waals surface area contributed by atoms with Crippen molar-refractivity contribution in [3.63, 3.8) is 0 Å². The monoisotopic (exact) mass is 452 g/mol. The van der Waals surface area contributed by atoms with Crippen LogP contribution in [0.4, 0.5) is 11.4 Å². The first-order valence-electron chi connectivity index (χ1n) is 9.33. The number of hydrogen-bond acceptors (Lipinski definition) is 6. The normalized spacial score (nSPS) is 11.4. The molecule has 0 saturated heterocycles. The number of sulfonamides is 1. The van der Waals surface area contributed by atoms with Crippen LogP contribution in [-0.2, 0) is 16.6 Å². The molecule has 0 unspecified atom stereocenters. The van der Waals surface area contributed by atoms with Crippen molar-refractivity contribution in [2.75, 3.05) is 4.72 Å². The van der Waals surface area contributed by atoms with Crippen LogP contribution < -0.4 is 16.0 Å². The summed E-state index contributed by atoms with van der Waals surface area (Å²) in [7, 11) is -3.81. The van der Waals surface area contributed by atoms with Crippen molar-refractivity contribution < 1.29 is 13.3 Å². The van der Waals surface area contributed by atoms with Gasteiger partial charge in [-0.3, -0.25) is 24.2 Å². The zero-order valence-corrected chi connectivity index (χ0v) is 17.2. The van der Waals surface area contributed by atoms with Crippen LogP contribution in [0.3, 0.4) is 0 Å². The minimum atomic E-state index is -3.81. The number of aromatic amines is 1. The second kappa shape index (κ2) is 8.12. The maximum absolute atomic E-state index is 12.8. The summed E-state index contributed by atoms with van der Waals surface area (Å²) in [6, 6.07) is 17.7. The minimum absolute atomic E-state index is 0.00468. The van der Waals surface area contributed by atoms with Gasteiger partial charge >= 0.3 is 5.69 Å². The van der Waals surface area contributed by atoms with E-state index >= 15 is 0 Å². The summed E-state index contributed by atoms with van der Waals surface area (Å²) >= 11 is 0. The van der Waals surface area contributed by atoms with E-state index < -0.39 is 26.2 Å². The molecule has 0 aliphatic carbocycles. The molecule has 0 atom stereocenters. The Morgan fingerprint density at radius 3 is 2.31 bits per heavy atom. The largest absolute Gasteiger partial charge is 0.329 e. The second-order valence-electron chi connectivity index (χ2n) is 6.92. The van der Waals surface area contributed by atoms with Gasteiger partial charge in [-0.05, 0) is 35.9 Å². The van der Waals surface area contributed by atoms with Gasteiger partial charge in [0.15, 0.2) is 0 Å². The number of para-hydroxylation sites is 1. The fourth-order valence-electron chi connectivity index (χ4n) is 3.17. The third-order valence-corrected chi connectivity index (χ3v) is 6.17. The average Bonchev–Trinajstić information content (AvgIpc) is 2.77. The molecule has 0 bridgehead atoms. The van der Waals surface area contributed by atoms with E-state index in [1.54, 1.807) is 30.3 Å². The number of H-pyrrole nitrogens is 1. The number of anilines is 1. The topological polar surface area (TPSA) is 144 Å². The molecule has 1 heterocycles. The molecular formula is C21H16N4O6S. The number of nitro groups is 1. The lowest BCUT2D eigenvalue weighted by molar-refractivity contribution is -0.384. The Hall–Kier alpha value is -4.25. The number of nitrogens with zero attached hydrogens (tertiary/aromatic N) is 2. The van der Waals surface area contributed by atoms with Gasteiger partial charge in [0.1, 0.15) is 0 Å². The van der Waals surface area contributed by atoms with Crippen LogP contribution in [0.15, 0.2) is 87.3 Å². The highest BCUT2D eigenvalue weighted by molar-refractivity contribution is 7.92. The summed E-state index contributed by atoms with van der Waals surface area (Å²) < 4.78 is 28.4. The van der Waals surface area contributed by atoms with Crippen molar-refractivity contribution in [2.24, 2.45) is 0 Å². The Morgan fingerprint density at radius 1 is 0.969 bits per heavy atom. The summed E-state index contributed by atoms with van der Waals surface area (Å²) in [5.41, 5.74) is -0.529. The second-order valence-corrected chi connectivity index (χ2v) is 8.61. The van der Waals surface area contributed by atoms with E-state index in [4.69, 9.17) is 0 Å². The highest BCUT2D eigenvalue weighted by Gasteiger charge is 2.15. The molecule has 2 N–H and O–H groups in total. The number of aromatic nitrogens is 2. The van der Waals surface area contributed by atoms with Crippen molar-refractivity contribution >= 4 is 32.3 Å². The van der Waals surface area contributed by atoms with E-state index in [2.05, 4.69) is 9.71 Å². The zero-order chi connectivity index (χ0) is 22.9. The molecule has 3 aromatic carbocycles. The minimum Gasteiger partial charge on any atom is -0.307 e. The number of nitrogens with one attached hydrogen (secondary N) is 2. The first-order valence-corrected chi connectivity index (χ1v) is 10.8. The van der Waals surface area contributed by atoms with Crippen molar-refractivity contribution in [1.29, 1.82) is 0 Å². The molecule has 0 radical (unpaired) electrons. The van der Waals surface area contributed by atoms with Gasteiger partial charge in [0.05, 0.1) is 27.3 Å². The number of fused-ring (bicyclic) bond motifs is 1. The molecule has 0 saturated carbocycles. The lowest BCUT2D eigenvalue weighted by atomic mass is 10.2. The SMILES string of the molecule is O=c1[nH]c2ccc([N+](=O)[O-])cc2c(=O)n1Cc1ccc(S(=O)(=O)Nc2ccccc2)cc1. The van der Waals surface area contributed by atoms with Gasteiger partial charge < -0.3 is 4.98 Å². The Morgan fingerprint density at radius 2 is 1.66 bits per heavy atom. The number of hydrogen-bond donors (Lipinski definition) is 2. The molecule has 0 aliphatic heterocycles. The number of non-ortho nitro benzene ring substituents is 1. The fourth-order valence-corrected chi connectivity index (χ4v) is 4.23. The molecule has 11 heteroatoms. The molecule has 0 amide bonds. The quantitative estimate of drug-likeness (QED) is 0.340. The molecule has 1 aromatic heterocycles. The summed E-state index contributed by atoms with van der Waals surface area (Å²) in [5, 5.41) is 11.0. The first-order chi connectivity index (χ1) is 15.2. The van der Waals surface area contributed by atoms with Gasteiger partial charge in [0, 0.05) is 17.8 Å². The molecular weight excluding hydrogens is 436 g/mol. The standard InChI is InChI=1S/C21H16N4O6S/c26-20-18-12-16(25(28)29)8-11-19(18)22-21(27)24(20)13-14-6-9-17(10-7-14)32(30,31)23-15-4-2-1-3-5-15/h1-12,23H,13H2,(H,22,27). The van der Waals surface area contributed by atoms with E-state index in [0.717, 1.165) is 10.6 Å². The Kier molecular flexibility index (Phi) is 5.33. The van der Waals surface area contributed by atoms with Crippen molar-refractivity contribution in [3.8, 4) is 0 Å². The maximum atomic E-state index is 12.8. The maximum Gasteiger partial charge on any atom is 0.329 e. The fraction of sp³-hybridized carbons (Fsp3) is 0.0476. The number of rotatable bonds is 6. The third-order valence-electron chi connectivity index (χ3n) is 4.78. The summed E-state index contributed by atoms with van der Waals surface area (Å²) in [4.78, 5) is 38.1. The molecule has 0 aliphatic rings. The summed E-state index contributed by atoms with van der Waals surface area (Å²) in [5.74, 6) is 0. The summed E-state index contributed by atoms with van der Waals surface area (Å²) in [6.45, 7) is -0.140. The van der Waals surface area contributed by atoms with Gasteiger partial charge in [-0.2, -0.15) is 0 Å². The van der Waals surface area contributed by atoms with Crippen LogP contribution in [0.1, 0.15) is 5.56 Å². The van der Waals surface area contributed by atoms with E-state index in [1.165, 1.54) is 36.4 Å². The molecule has 4 aromatic rings. The van der Waals surface area contributed by atoms with E-state index in [1.807, 2.05) is 0 Å². The third kappa shape index (κ3) is 4.14. The van der Waals surface area contributed by atoms with Crippen LogP contribution in [0.2, 0.25) is 0 Å². The van der Waals surface area contributed by atoms with Crippen LogP contribution in [0.5, 0.6) is 0 Å². The molecule has 162 valence electrons. The van der Waals surface area contributed by atoms with Crippen molar-refractivity contribution in [3.05, 3.63) is 109 Å². The van der Waals surface area contributed by atoms with Crippen molar-refractivity contribution in [2.45, 2.75) is 11.4 Å². The van der Waals surface area contributed by atoms with E-state index in [9.17, 15) is 28.1 Å². The smallest absolute Gasteiger partial charge is 0.307 e.